The van der Waals surface area contributed by atoms with Crippen molar-refractivity contribution in [3.63, 3.8) is 0 Å². The predicted molar refractivity (Wildman–Crippen MR) is 89.2 cm³/mol. The van der Waals surface area contributed by atoms with Crippen molar-refractivity contribution in [3.05, 3.63) is 67.7 Å². The van der Waals surface area contributed by atoms with Crippen LogP contribution in [0.25, 0.3) is 16.6 Å². The molecule has 5 heteroatoms. The maximum Gasteiger partial charge on any atom is 0.266 e. The minimum atomic E-state index is -0.141. The standard InChI is InChI=1S/C16H13ClN2OS/c1-9-3-6-14-12(7-9)15(20)19(16(21)18-14)11-5-4-10(2)13(17)8-11/h3-8H,1-2H3,(H,18,21). The first-order chi connectivity index (χ1) is 9.97. The zero-order valence-electron chi connectivity index (χ0n) is 11.6. The molecule has 21 heavy (non-hydrogen) atoms. The Labute approximate surface area is 131 Å². The second-order valence-corrected chi connectivity index (χ2v) is 5.85. The Hall–Kier alpha value is -1.91. The van der Waals surface area contributed by atoms with E-state index in [9.17, 15) is 4.79 Å². The van der Waals surface area contributed by atoms with Crippen molar-refractivity contribution in [3.8, 4) is 5.69 Å². The van der Waals surface area contributed by atoms with Crippen molar-refractivity contribution in [1.82, 2.24) is 9.55 Å². The molecule has 106 valence electrons. The third-order valence-corrected chi connectivity index (χ3v) is 4.16. The van der Waals surface area contributed by atoms with E-state index in [1.807, 2.05) is 44.2 Å². The first kappa shape index (κ1) is 14.0. The lowest BCUT2D eigenvalue weighted by atomic mass is 10.1. The molecule has 0 unspecified atom stereocenters. The monoisotopic (exact) mass is 316 g/mol. The van der Waals surface area contributed by atoms with Crippen LogP contribution in [0.2, 0.25) is 5.02 Å². The number of rotatable bonds is 1. The van der Waals surface area contributed by atoms with Crippen LogP contribution in [0.4, 0.5) is 0 Å². The molecule has 0 atom stereocenters. The highest BCUT2D eigenvalue weighted by atomic mass is 35.5. The molecule has 1 heterocycles. The first-order valence-electron chi connectivity index (χ1n) is 6.49. The Morgan fingerprint density at radius 2 is 1.90 bits per heavy atom. The molecule has 3 rings (SSSR count). The zero-order chi connectivity index (χ0) is 15.1. The van der Waals surface area contributed by atoms with Gasteiger partial charge in [0.15, 0.2) is 4.77 Å². The third-order valence-electron chi connectivity index (χ3n) is 3.47. The largest absolute Gasteiger partial charge is 0.331 e. The molecule has 3 nitrogen and oxygen atoms in total. The smallest absolute Gasteiger partial charge is 0.266 e. The fourth-order valence-corrected chi connectivity index (χ4v) is 2.76. The number of hydrogen-bond donors (Lipinski definition) is 1. The minimum Gasteiger partial charge on any atom is -0.331 e. The average molecular weight is 317 g/mol. The molecule has 0 amide bonds. The van der Waals surface area contributed by atoms with Crippen molar-refractivity contribution < 1.29 is 0 Å². The van der Waals surface area contributed by atoms with Crippen molar-refractivity contribution in [2.24, 2.45) is 0 Å². The van der Waals surface area contributed by atoms with Crippen LogP contribution in [0.1, 0.15) is 11.1 Å². The van der Waals surface area contributed by atoms with Gasteiger partial charge < -0.3 is 4.98 Å². The van der Waals surface area contributed by atoms with E-state index in [0.29, 0.717) is 20.9 Å². The molecule has 0 spiro atoms. The van der Waals surface area contributed by atoms with Crippen molar-refractivity contribution in [2.45, 2.75) is 13.8 Å². The summed E-state index contributed by atoms with van der Waals surface area (Å²) in [6, 6.07) is 11.1. The summed E-state index contributed by atoms with van der Waals surface area (Å²) in [7, 11) is 0. The van der Waals surface area contributed by atoms with Crippen molar-refractivity contribution in [1.29, 1.82) is 0 Å². The van der Waals surface area contributed by atoms with Gasteiger partial charge in [-0.3, -0.25) is 9.36 Å². The Kier molecular flexibility index (Phi) is 3.43. The molecule has 0 saturated carbocycles. The second-order valence-electron chi connectivity index (χ2n) is 5.05. The van der Waals surface area contributed by atoms with Gasteiger partial charge in [-0.1, -0.05) is 29.3 Å². The third kappa shape index (κ3) is 2.41. The zero-order valence-corrected chi connectivity index (χ0v) is 13.2. The van der Waals surface area contributed by atoms with E-state index in [0.717, 1.165) is 16.6 Å². The summed E-state index contributed by atoms with van der Waals surface area (Å²) < 4.78 is 1.83. The van der Waals surface area contributed by atoms with Crippen LogP contribution < -0.4 is 5.56 Å². The van der Waals surface area contributed by atoms with Gasteiger partial charge in [-0.2, -0.15) is 0 Å². The van der Waals surface area contributed by atoms with Gasteiger partial charge in [0.2, 0.25) is 0 Å². The number of hydrogen-bond acceptors (Lipinski definition) is 2. The summed E-state index contributed by atoms with van der Waals surface area (Å²) in [5.74, 6) is 0. The average Bonchev–Trinajstić information content (AvgIpc) is 2.44. The normalized spacial score (nSPS) is 11.0. The van der Waals surface area contributed by atoms with E-state index >= 15 is 0 Å². The molecule has 3 aromatic rings. The summed E-state index contributed by atoms with van der Waals surface area (Å²) in [5.41, 5.74) is 3.25. The van der Waals surface area contributed by atoms with Gasteiger partial charge in [-0.25, -0.2) is 0 Å². The maximum absolute atomic E-state index is 12.7. The lowest BCUT2D eigenvalue weighted by Gasteiger charge is -2.10. The first-order valence-corrected chi connectivity index (χ1v) is 7.28. The summed E-state index contributed by atoms with van der Waals surface area (Å²) in [5, 5.41) is 1.22. The van der Waals surface area contributed by atoms with Crippen LogP contribution in [0.15, 0.2) is 41.2 Å². The summed E-state index contributed by atoms with van der Waals surface area (Å²) >= 11 is 11.5. The van der Waals surface area contributed by atoms with Gasteiger partial charge in [0, 0.05) is 5.02 Å². The maximum atomic E-state index is 12.7. The molecule has 0 saturated heterocycles. The summed E-state index contributed by atoms with van der Waals surface area (Å²) in [6.45, 7) is 3.87. The van der Waals surface area contributed by atoms with Gasteiger partial charge in [-0.05, 0) is 55.9 Å². The van der Waals surface area contributed by atoms with Gasteiger partial charge in [0.25, 0.3) is 5.56 Å². The van der Waals surface area contributed by atoms with Crippen LogP contribution in [0.5, 0.6) is 0 Å². The van der Waals surface area contributed by atoms with Crippen LogP contribution in [0.3, 0.4) is 0 Å². The molecule has 0 bridgehead atoms. The Morgan fingerprint density at radius 3 is 2.62 bits per heavy atom. The molecule has 1 aromatic heterocycles. The fraction of sp³-hybridized carbons (Fsp3) is 0.125. The summed E-state index contributed by atoms with van der Waals surface area (Å²) in [4.78, 5) is 15.8. The lowest BCUT2D eigenvalue weighted by Crippen LogP contribution is -2.20. The van der Waals surface area contributed by atoms with E-state index in [-0.39, 0.29) is 5.56 Å². The Balaban J connectivity index is 2.39. The van der Waals surface area contributed by atoms with Crippen LogP contribution >= 0.6 is 23.8 Å². The number of nitrogens with one attached hydrogen (secondary N) is 1. The number of nitrogens with zero attached hydrogens (tertiary/aromatic N) is 1. The predicted octanol–water partition coefficient (Wildman–Crippen LogP) is 4.32. The van der Waals surface area contributed by atoms with E-state index in [2.05, 4.69) is 4.98 Å². The molecule has 0 aliphatic carbocycles. The van der Waals surface area contributed by atoms with Crippen LogP contribution in [-0.4, -0.2) is 9.55 Å². The van der Waals surface area contributed by atoms with Gasteiger partial charge in [-0.15, -0.1) is 0 Å². The van der Waals surface area contributed by atoms with Gasteiger partial charge in [0.05, 0.1) is 16.6 Å². The molecule has 1 N–H and O–H groups in total. The SMILES string of the molecule is Cc1ccc2[nH]c(=S)n(-c3ccc(C)c(Cl)c3)c(=O)c2c1. The molecule has 0 aliphatic rings. The number of aromatic amines is 1. The topological polar surface area (TPSA) is 37.8 Å². The van der Waals surface area contributed by atoms with Crippen LogP contribution in [0, 0.1) is 18.6 Å². The number of aryl methyl sites for hydroxylation is 2. The molecule has 0 aliphatic heterocycles. The number of halogens is 1. The molecular weight excluding hydrogens is 304 g/mol. The Bertz CT molecular complexity index is 972. The number of fused-ring (bicyclic) bond motifs is 1. The van der Waals surface area contributed by atoms with Crippen molar-refractivity contribution >= 4 is 34.7 Å². The van der Waals surface area contributed by atoms with E-state index in [1.54, 1.807) is 6.07 Å². The molecular formula is C16H13ClN2OS. The highest BCUT2D eigenvalue weighted by molar-refractivity contribution is 7.71. The fourth-order valence-electron chi connectivity index (χ4n) is 2.28. The highest BCUT2D eigenvalue weighted by Gasteiger charge is 2.09. The van der Waals surface area contributed by atoms with Crippen LogP contribution in [-0.2, 0) is 0 Å². The number of H-pyrrole nitrogens is 1. The number of benzene rings is 2. The minimum absolute atomic E-state index is 0.141. The second kappa shape index (κ2) is 5.13. The quantitative estimate of drug-likeness (QED) is 0.679. The highest BCUT2D eigenvalue weighted by Crippen LogP contribution is 2.19. The summed E-state index contributed by atoms with van der Waals surface area (Å²) in [6.07, 6.45) is 0. The van der Waals surface area contributed by atoms with Gasteiger partial charge in [0.1, 0.15) is 0 Å². The van der Waals surface area contributed by atoms with Crippen molar-refractivity contribution in [2.75, 3.05) is 0 Å². The van der Waals surface area contributed by atoms with Gasteiger partial charge >= 0.3 is 0 Å². The Morgan fingerprint density at radius 1 is 1.14 bits per heavy atom. The molecule has 0 radical (unpaired) electrons. The van der Waals surface area contributed by atoms with E-state index in [1.165, 1.54) is 4.57 Å². The number of aromatic nitrogens is 2. The van der Waals surface area contributed by atoms with E-state index < -0.39 is 0 Å². The lowest BCUT2D eigenvalue weighted by molar-refractivity contribution is 0.939. The van der Waals surface area contributed by atoms with E-state index in [4.69, 9.17) is 23.8 Å². The molecule has 2 aromatic carbocycles. The molecule has 0 fully saturated rings.